The Balaban J connectivity index is 1.99. The van der Waals surface area contributed by atoms with Gasteiger partial charge in [-0.3, -0.25) is 9.69 Å². The predicted molar refractivity (Wildman–Crippen MR) is 78.8 cm³/mol. The number of Topliss-reactive ketones (excluding diaryl/α,β-unsaturated/α-hetero) is 1. The van der Waals surface area contributed by atoms with E-state index in [1.807, 2.05) is 12.1 Å². The zero-order valence-electron chi connectivity index (χ0n) is 12.2. The molecule has 1 aromatic carbocycles. The van der Waals surface area contributed by atoms with Crippen molar-refractivity contribution in [1.29, 1.82) is 0 Å². The number of piperazine rings is 1. The molecule has 0 radical (unpaired) electrons. The summed E-state index contributed by atoms with van der Waals surface area (Å²) >= 11 is 0. The minimum Gasteiger partial charge on any atom is -0.314 e. The third-order valence-electron chi connectivity index (χ3n) is 3.65. The van der Waals surface area contributed by atoms with E-state index in [9.17, 15) is 4.79 Å². The van der Waals surface area contributed by atoms with Gasteiger partial charge in [0.2, 0.25) is 0 Å². The molecule has 1 aliphatic heterocycles. The maximum Gasteiger partial charge on any atom is 0.176 e. The first-order valence-corrected chi connectivity index (χ1v) is 7.03. The summed E-state index contributed by atoms with van der Waals surface area (Å²) in [7, 11) is 0. The molecule has 1 aromatic rings. The van der Waals surface area contributed by atoms with Gasteiger partial charge in [-0.15, -0.1) is 0 Å². The molecule has 3 heteroatoms. The molecule has 1 fully saturated rings. The third kappa shape index (κ3) is 3.88. The van der Waals surface area contributed by atoms with Gasteiger partial charge >= 0.3 is 0 Å². The topological polar surface area (TPSA) is 32.3 Å². The average Bonchev–Trinajstić information content (AvgIpc) is 2.39. The van der Waals surface area contributed by atoms with Crippen LogP contribution in [0.5, 0.6) is 0 Å². The fraction of sp³-hybridized carbons (Fsp3) is 0.562. The molecule has 0 unspecified atom stereocenters. The quantitative estimate of drug-likeness (QED) is 0.845. The first-order valence-electron chi connectivity index (χ1n) is 7.03. The maximum absolute atomic E-state index is 12.2. The fourth-order valence-electron chi connectivity index (χ4n) is 2.32. The molecule has 1 saturated heterocycles. The third-order valence-corrected chi connectivity index (χ3v) is 3.65. The summed E-state index contributed by atoms with van der Waals surface area (Å²) in [6.45, 7) is 11.0. The van der Waals surface area contributed by atoms with Gasteiger partial charge in [0, 0.05) is 31.7 Å². The minimum absolute atomic E-state index is 0.139. The SMILES string of the molecule is CC(C)(C)c1ccc(C(=O)CN2CCNCC2)cc1. The van der Waals surface area contributed by atoms with E-state index in [4.69, 9.17) is 0 Å². The normalized spacial score (nSPS) is 17.4. The Morgan fingerprint density at radius 2 is 1.74 bits per heavy atom. The van der Waals surface area contributed by atoms with Crippen molar-refractivity contribution in [2.24, 2.45) is 0 Å². The number of hydrogen-bond acceptors (Lipinski definition) is 3. The molecule has 19 heavy (non-hydrogen) atoms. The van der Waals surface area contributed by atoms with Crippen LogP contribution in [0.4, 0.5) is 0 Å². The van der Waals surface area contributed by atoms with Crippen LogP contribution in [0.1, 0.15) is 36.7 Å². The summed E-state index contributed by atoms with van der Waals surface area (Å²) in [5, 5.41) is 3.30. The molecule has 1 heterocycles. The fourth-order valence-corrected chi connectivity index (χ4v) is 2.32. The van der Waals surface area contributed by atoms with Crippen LogP contribution in [-0.2, 0) is 5.41 Å². The van der Waals surface area contributed by atoms with E-state index in [1.165, 1.54) is 5.56 Å². The molecule has 0 saturated carbocycles. The summed E-state index contributed by atoms with van der Waals surface area (Å²) in [6.07, 6.45) is 0. The molecule has 2 rings (SSSR count). The maximum atomic E-state index is 12.2. The second-order valence-electron chi connectivity index (χ2n) is 6.28. The molecule has 0 aliphatic carbocycles. The molecule has 0 aromatic heterocycles. The Morgan fingerprint density at radius 1 is 1.16 bits per heavy atom. The molecular formula is C16H24N2O. The average molecular weight is 260 g/mol. The number of hydrogen-bond donors (Lipinski definition) is 1. The standard InChI is InChI=1S/C16H24N2O/c1-16(2,3)14-6-4-13(5-7-14)15(19)12-18-10-8-17-9-11-18/h4-7,17H,8-12H2,1-3H3. The highest BCUT2D eigenvalue weighted by Crippen LogP contribution is 2.22. The highest BCUT2D eigenvalue weighted by atomic mass is 16.1. The van der Waals surface area contributed by atoms with Crippen LogP contribution in [0.2, 0.25) is 0 Å². The number of nitrogens with zero attached hydrogens (tertiary/aromatic N) is 1. The van der Waals surface area contributed by atoms with Gasteiger partial charge in [-0.05, 0) is 11.0 Å². The van der Waals surface area contributed by atoms with Crippen molar-refractivity contribution in [3.05, 3.63) is 35.4 Å². The zero-order chi connectivity index (χ0) is 13.9. The molecule has 1 N–H and O–H groups in total. The second kappa shape index (κ2) is 5.85. The van der Waals surface area contributed by atoms with Gasteiger partial charge in [-0.1, -0.05) is 45.0 Å². The lowest BCUT2D eigenvalue weighted by Gasteiger charge is -2.26. The smallest absolute Gasteiger partial charge is 0.176 e. The minimum atomic E-state index is 0.139. The summed E-state index contributed by atoms with van der Waals surface area (Å²) in [5.74, 6) is 0.224. The molecule has 3 nitrogen and oxygen atoms in total. The van der Waals surface area contributed by atoms with E-state index in [2.05, 4.69) is 43.1 Å². The van der Waals surface area contributed by atoms with E-state index in [-0.39, 0.29) is 11.2 Å². The highest BCUT2D eigenvalue weighted by molar-refractivity contribution is 5.97. The monoisotopic (exact) mass is 260 g/mol. The number of carbonyl (C=O) groups excluding carboxylic acids is 1. The Morgan fingerprint density at radius 3 is 2.26 bits per heavy atom. The van der Waals surface area contributed by atoms with Crippen LogP contribution in [0.15, 0.2) is 24.3 Å². The Labute approximate surface area is 116 Å². The lowest BCUT2D eigenvalue weighted by atomic mass is 9.86. The van der Waals surface area contributed by atoms with Gasteiger partial charge in [-0.2, -0.15) is 0 Å². The molecule has 104 valence electrons. The van der Waals surface area contributed by atoms with Crippen molar-refractivity contribution in [1.82, 2.24) is 10.2 Å². The molecule has 0 amide bonds. The first-order chi connectivity index (χ1) is 8.97. The second-order valence-corrected chi connectivity index (χ2v) is 6.28. The Bertz CT molecular complexity index is 425. The number of carbonyl (C=O) groups is 1. The van der Waals surface area contributed by atoms with E-state index in [0.717, 1.165) is 31.7 Å². The zero-order valence-corrected chi connectivity index (χ0v) is 12.2. The summed E-state index contributed by atoms with van der Waals surface area (Å²) in [5.41, 5.74) is 2.23. The van der Waals surface area contributed by atoms with Gasteiger partial charge in [-0.25, -0.2) is 0 Å². The molecule has 0 bridgehead atoms. The van der Waals surface area contributed by atoms with Crippen molar-refractivity contribution in [3.63, 3.8) is 0 Å². The van der Waals surface area contributed by atoms with Gasteiger partial charge in [0.1, 0.15) is 0 Å². The van der Waals surface area contributed by atoms with Gasteiger partial charge < -0.3 is 5.32 Å². The first kappa shape index (κ1) is 14.2. The number of ketones is 1. The summed E-state index contributed by atoms with van der Waals surface area (Å²) < 4.78 is 0. The number of nitrogens with one attached hydrogen (secondary N) is 1. The Kier molecular flexibility index (Phi) is 4.38. The van der Waals surface area contributed by atoms with E-state index in [1.54, 1.807) is 0 Å². The van der Waals surface area contributed by atoms with Crippen LogP contribution in [-0.4, -0.2) is 43.4 Å². The van der Waals surface area contributed by atoms with E-state index >= 15 is 0 Å². The lowest BCUT2D eigenvalue weighted by molar-refractivity contribution is 0.0921. The summed E-state index contributed by atoms with van der Waals surface area (Å²) in [6, 6.07) is 8.08. The van der Waals surface area contributed by atoms with Crippen LogP contribution in [0.3, 0.4) is 0 Å². The van der Waals surface area contributed by atoms with Crippen molar-refractivity contribution in [2.45, 2.75) is 26.2 Å². The largest absolute Gasteiger partial charge is 0.314 e. The van der Waals surface area contributed by atoms with Crippen LogP contribution >= 0.6 is 0 Å². The number of benzene rings is 1. The van der Waals surface area contributed by atoms with Crippen LogP contribution in [0, 0.1) is 0 Å². The van der Waals surface area contributed by atoms with Crippen molar-refractivity contribution in [3.8, 4) is 0 Å². The van der Waals surface area contributed by atoms with Crippen LogP contribution < -0.4 is 5.32 Å². The number of rotatable bonds is 3. The molecule has 0 atom stereocenters. The van der Waals surface area contributed by atoms with Gasteiger partial charge in [0.15, 0.2) is 5.78 Å². The Hall–Kier alpha value is -1.19. The molecule has 1 aliphatic rings. The van der Waals surface area contributed by atoms with Gasteiger partial charge in [0.25, 0.3) is 0 Å². The lowest BCUT2D eigenvalue weighted by Crippen LogP contribution is -2.45. The van der Waals surface area contributed by atoms with Crippen molar-refractivity contribution in [2.75, 3.05) is 32.7 Å². The van der Waals surface area contributed by atoms with E-state index < -0.39 is 0 Å². The molecular weight excluding hydrogens is 236 g/mol. The van der Waals surface area contributed by atoms with Crippen molar-refractivity contribution >= 4 is 5.78 Å². The molecule has 0 spiro atoms. The van der Waals surface area contributed by atoms with Gasteiger partial charge in [0.05, 0.1) is 6.54 Å². The predicted octanol–water partition coefficient (Wildman–Crippen LogP) is 2.07. The van der Waals surface area contributed by atoms with Crippen LogP contribution in [0.25, 0.3) is 0 Å². The van der Waals surface area contributed by atoms with E-state index in [0.29, 0.717) is 6.54 Å². The summed E-state index contributed by atoms with van der Waals surface area (Å²) in [4.78, 5) is 14.4. The van der Waals surface area contributed by atoms with Crippen molar-refractivity contribution < 1.29 is 4.79 Å². The highest BCUT2D eigenvalue weighted by Gasteiger charge is 2.17.